The Morgan fingerprint density at radius 1 is 0.967 bits per heavy atom. The van der Waals surface area contributed by atoms with Crippen LogP contribution in [0.1, 0.15) is 48.7 Å². The summed E-state index contributed by atoms with van der Waals surface area (Å²) in [6.45, 7) is 4.80. The van der Waals surface area contributed by atoms with Crippen LogP contribution in [0.2, 0.25) is 0 Å². The molecule has 30 heavy (non-hydrogen) atoms. The van der Waals surface area contributed by atoms with E-state index >= 15 is 0 Å². The maximum absolute atomic E-state index is 12.4. The van der Waals surface area contributed by atoms with E-state index in [1.54, 1.807) is 18.2 Å². The average Bonchev–Trinajstić information content (AvgIpc) is 2.76. The molecule has 0 aliphatic rings. The highest BCUT2D eigenvalue weighted by atomic mass is 16.5. The van der Waals surface area contributed by atoms with Crippen LogP contribution in [0.15, 0.2) is 66.7 Å². The van der Waals surface area contributed by atoms with Gasteiger partial charge in [0.15, 0.2) is 0 Å². The molecular weight excluding hydrogens is 376 g/mol. The lowest BCUT2D eigenvalue weighted by Crippen LogP contribution is -2.29. The van der Waals surface area contributed by atoms with Gasteiger partial charge in [-0.15, -0.1) is 0 Å². The second kappa shape index (κ2) is 10.4. The number of amides is 2. The molecule has 5 nitrogen and oxygen atoms in total. The van der Waals surface area contributed by atoms with Gasteiger partial charge < -0.3 is 15.4 Å². The van der Waals surface area contributed by atoms with E-state index < -0.39 is 0 Å². The van der Waals surface area contributed by atoms with Crippen molar-refractivity contribution in [3.63, 3.8) is 0 Å². The lowest BCUT2D eigenvalue weighted by atomic mass is 9.99. The molecule has 3 rings (SSSR count). The van der Waals surface area contributed by atoms with Gasteiger partial charge in [0.25, 0.3) is 5.91 Å². The van der Waals surface area contributed by atoms with Crippen LogP contribution in [0, 0.1) is 0 Å². The van der Waals surface area contributed by atoms with Gasteiger partial charge in [0.05, 0.1) is 18.2 Å². The molecule has 5 heteroatoms. The second-order valence-corrected chi connectivity index (χ2v) is 7.15. The molecule has 0 aliphatic heterocycles. The Balaban J connectivity index is 1.48. The lowest BCUT2D eigenvalue weighted by molar-refractivity contribution is -0.121. The van der Waals surface area contributed by atoms with E-state index in [9.17, 15) is 9.59 Å². The summed E-state index contributed by atoms with van der Waals surface area (Å²) in [6.07, 6.45) is 0.916. The lowest BCUT2D eigenvalue weighted by Gasteiger charge is -2.17. The quantitative estimate of drug-likeness (QED) is 0.511. The summed E-state index contributed by atoms with van der Waals surface area (Å²) < 4.78 is 5.49. The van der Waals surface area contributed by atoms with Gasteiger partial charge in [-0.1, -0.05) is 54.6 Å². The Bertz CT molecular complexity index is 1010. The SMILES string of the molecule is CCOc1ccccc1C(=O)NCCCC(=O)NC(C)c1cccc2ccccc12. The van der Waals surface area contributed by atoms with Crippen LogP contribution in [0.3, 0.4) is 0 Å². The number of ether oxygens (including phenoxy) is 1. The number of hydrogen-bond acceptors (Lipinski definition) is 3. The molecule has 1 unspecified atom stereocenters. The van der Waals surface area contributed by atoms with Gasteiger partial charge in [-0.2, -0.15) is 0 Å². The van der Waals surface area contributed by atoms with Gasteiger partial charge in [0, 0.05) is 13.0 Å². The summed E-state index contributed by atoms with van der Waals surface area (Å²) >= 11 is 0. The second-order valence-electron chi connectivity index (χ2n) is 7.15. The minimum Gasteiger partial charge on any atom is -0.493 e. The van der Waals surface area contributed by atoms with Gasteiger partial charge in [-0.05, 0) is 48.7 Å². The minimum atomic E-state index is -0.191. The topological polar surface area (TPSA) is 67.4 Å². The number of carbonyl (C=O) groups is 2. The first-order valence-electron chi connectivity index (χ1n) is 10.4. The van der Waals surface area contributed by atoms with Gasteiger partial charge in [0.1, 0.15) is 5.75 Å². The summed E-state index contributed by atoms with van der Waals surface area (Å²) in [5.74, 6) is 0.349. The van der Waals surface area contributed by atoms with Crippen LogP contribution in [-0.2, 0) is 4.79 Å². The molecule has 0 saturated heterocycles. The molecule has 0 spiro atoms. The number of rotatable bonds is 9. The number of para-hydroxylation sites is 1. The van der Waals surface area contributed by atoms with E-state index in [0.29, 0.717) is 37.3 Å². The van der Waals surface area contributed by atoms with Crippen molar-refractivity contribution in [1.82, 2.24) is 10.6 Å². The van der Waals surface area contributed by atoms with Crippen LogP contribution in [0.5, 0.6) is 5.75 Å². The highest BCUT2D eigenvalue weighted by Gasteiger charge is 2.13. The predicted octanol–water partition coefficient (Wildman–Crippen LogP) is 4.63. The molecule has 0 fully saturated rings. The molecule has 2 amide bonds. The van der Waals surface area contributed by atoms with Gasteiger partial charge in [-0.25, -0.2) is 0 Å². The molecule has 0 radical (unpaired) electrons. The van der Waals surface area contributed by atoms with Crippen LogP contribution < -0.4 is 15.4 Å². The molecule has 0 aromatic heterocycles. The van der Waals surface area contributed by atoms with Crippen molar-refractivity contribution in [2.45, 2.75) is 32.7 Å². The standard InChI is InChI=1S/C25H28N2O3/c1-3-30-23-15-7-6-13-22(23)25(29)26-17-9-16-24(28)27-18(2)20-14-8-11-19-10-4-5-12-21(19)20/h4-8,10-15,18H,3,9,16-17H2,1-2H3,(H,26,29)(H,27,28). The third kappa shape index (κ3) is 5.38. The molecule has 156 valence electrons. The first-order chi connectivity index (χ1) is 14.6. The summed E-state index contributed by atoms with van der Waals surface area (Å²) in [6, 6.07) is 21.4. The van der Waals surface area contributed by atoms with Crippen molar-refractivity contribution in [2.75, 3.05) is 13.2 Å². The summed E-state index contributed by atoms with van der Waals surface area (Å²) in [7, 11) is 0. The molecule has 0 bridgehead atoms. The first-order valence-corrected chi connectivity index (χ1v) is 10.4. The number of fused-ring (bicyclic) bond motifs is 1. The van der Waals surface area contributed by atoms with Crippen molar-refractivity contribution >= 4 is 22.6 Å². The Kier molecular flexibility index (Phi) is 7.44. The number of benzene rings is 3. The van der Waals surface area contributed by atoms with Gasteiger partial charge in [0.2, 0.25) is 5.91 Å². The largest absolute Gasteiger partial charge is 0.493 e. The first kappa shape index (κ1) is 21.4. The highest BCUT2D eigenvalue weighted by Crippen LogP contribution is 2.24. The zero-order chi connectivity index (χ0) is 21.3. The van der Waals surface area contributed by atoms with Crippen LogP contribution in [0.25, 0.3) is 10.8 Å². The van der Waals surface area contributed by atoms with E-state index in [-0.39, 0.29) is 17.9 Å². The molecular formula is C25H28N2O3. The van der Waals surface area contributed by atoms with E-state index in [2.05, 4.69) is 28.8 Å². The van der Waals surface area contributed by atoms with Crippen molar-refractivity contribution in [3.8, 4) is 5.75 Å². The van der Waals surface area contributed by atoms with Gasteiger partial charge in [-0.3, -0.25) is 9.59 Å². The third-order valence-corrected chi connectivity index (χ3v) is 4.97. The van der Waals surface area contributed by atoms with E-state index in [1.807, 2.05) is 44.2 Å². The zero-order valence-electron chi connectivity index (χ0n) is 17.5. The predicted molar refractivity (Wildman–Crippen MR) is 120 cm³/mol. The third-order valence-electron chi connectivity index (χ3n) is 4.97. The summed E-state index contributed by atoms with van der Waals surface area (Å²) in [5.41, 5.74) is 1.61. The average molecular weight is 405 g/mol. The van der Waals surface area contributed by atoms with Crippen LogP contribution in [-0.4, -0.2) is 25.0 Å². The fraction of sp³-hybridized carbons (Fsp3) is 0.280. The van der Waals surface area contributed by atoms with Crippen molar-refractivity contribution in [3.05, 3.63) is 77.9 Å². The highest BCUT2D eigenvalue weighted by molar-refractivity contribution is 5.96. The fourth-order valence-electron chi connectivity index (χ4n) is 3.50. The Hall–Kier alpha value is -3.34. The molecule has 0 aliphatic carbocycles. The Morgan fingerprint density at radius 3 is 2.53 bits per heavy atom. The summed E-state index contributed by atoms with van der Waals surface area (Å²) in [4.78, 5) is 24.8. The maximum atomic E-state index is 12.4. The molecule has 3 aromatic rings. The van der Waals surface area contributed by atoms with Gasteiger partial charge >= 0.3 is 0 Å². The molecule has 0 saturated carbocycles. The Labute approximate surface area is 177 Å². The normalized spacial score (nSPS) is 11.7. The van der Waals surface area contributed by atoms with Crippen LogP contribution >= 0.6 is 0 Å². The van der Waals surface area contributed by atoms with E-state index in [1.165, 1.54) is 0 Å². The molecule has 0 heterocycles. The van der Waals surface area contributed by atoms with Crippen molar-refractivity contribution in [2.24, 2.45) is 0 Å². The number of nitrogens with one attached hydrogen (secondary N) is 2. The minimum absolute atomic E-state index is 0.0283. The number of carbonyl (C=O) groups excluding carboxylic acids is 2. The fourth-order valence-corrected chi connectivity index (χ4v) is 3.50. The number of hydrogen-bond donors (Lipinski definition) is 2. The Morgan fingerprint density at radius 2 is 1.70 bits per heavy atom. The smallest absolute Gasteiger partial charge is 0.255 e. The van der Waals surface area contributed by atoms with Crippen LogP contribution in [0.4, 0.5) is 0 Å². The van der Waals surface area contributed by atoms with Crippen molar-refractivity contribution in [1.29, 1.82) is 0 Å². The summed E-state index contributed by atoms with van der Waals surface area (Å²) in [5, 5.41) is 8.23. The zero-order valence-corrected chi connectivity index (χ0v) is 17.5. The van der Waals surface area contributed by atoms with Crippen molar-refractivity contribution < 1.29 is 14.3 Å². The molecule has 1 atom stereocenters. The monoisotopic (exact) mass is 404 g/mol. The maximum Gasteiger partial charge on any atom is 0.255 e. The van der Waals surface area contributed by atoms with E-state index in [0.717, 1.165) is 16.3 Å². The molecule has 3 aromatic carbocycles. The van der Waals surface area contributed by atoms with E-state index in [4.69, 9.17) is 4.74 Å². The molecule has 2 N–H and O–H groups in total.